The molecule has 0 fully saturated rings. The van der Waals surface area contributed by atoms with E-state index >= 15 is 0 Å². The van der Waals surface area contributed by atoms with Crippen LogP contribution in [0.1, 0.15) is 26.7 Å². The maximum atomic E-state index is 10.5. The molecule has 3 heteroatoms. The first kappa shape index (κ1) is 12.2. The van der Waals surface area contributed by atoms with Crippen molar-refractivity contribution >= 4 is 5.97 Å². The molecule has 0 spiro atoms. The van der Waals surface area contributed by atoms with Crippen molar-refractivity contribution in [3.8, 4) is 0 Å². The summed E-state index contributed by atoms with van der Waals surface area (Å²) in [5.41, 5.74) is 0. The van der Waals surface area contributed by atoms with Gasteiger partial charge in [-0.05, 0) is 12.3 Å². The Morgan fingerprint density at radius 3 is 2.31 bits per heavy atom. The first-order valence-electron chi connectivity index (χ1n) is 4.48. The lowest BCUT2D eigenvalue weighted by Crippen LogP contribution is -2.21. The first-order valence-corrected chi connectivity index (χ1v) is 4.48. The van der Waals surface area contributed by atoms with Crippen LogP contribution in [-0.2, 0) is 9.53 Å². The second-order valence-corrected chi connectivity index (χ2v) is 3.40. The number of hydrogen-bond donors (Lipinski definition) is 1. The third-order valence-corrected chi connectivity index (χ3v) is 1.68. The third kappa shape index (κ3) is 6.34. The number of methoxy groups -OCH3 is 1. The van der Waals surface area contributed by atoms with E-state index in [1.807, 2.05) is 12.2 Å². The average molecular weight is 186 g/mol. The maximum Gasteiger partial charge on any atom is 0.333 e. The number of allylic oxidation sites excluding steroid dienone is 1. The van der Waals surface area contributed by atoms with Crippen molar-refractivity contribution in [2.24, 2.45) is 5.92 Å². The Balaban J connectivity index is 3.71. The highest BCUT2D eigenvalue weighted by molar-refractivity contribution is 5.72. The van der Waals surface area contributed by atoms with Crippen molar-refractivity contribution in [2.75, 3.05) is 7.11 Å². The standard InChI is InChI=1S/C10H18O3/c1-8(2)6-4-5-7-9(13-3)10(11)12/h4-5,8-9H,6-7H2,1-3H3,(H,11,12)/b5-4+. The van der Waals surface area contributed by atoms with Gasteiger partial charge >= 0.3 is 5.97 Å². The number of carbonyl (C=O) groups is 1. The van der Waals surface area contributed by atoms with Crippen LogP contribution in [-0.4, -0.2) is 24.3 Å². The molecule has 0 saturated heterocycles. The molecule has 0 aromatic carbocycles. The molecule has 1 N–H and O–H groups in total. The molecule has 0 aliphatic rings. The largest absolute Gasteiger partial charge is 0.479 e. The Kier molecular flexibility index (Phi) is 6.24. The second-order valence-electron chi connectivity index (χ2n) is 3.40. The van der Waals surface area contributed by atoms with Crippen LogP contribution >= 0.6 is 0 Å². The Morgan fingerprint density at radius 2 is 1.92 bits per heavy atom. The minimum Gasteiger partial charge on any atom is -0.479 e. The van der Waals surface area contributed by atoms with Gasteiger partial charge in [0.25, 0.3) is 0 Å². The summed E-state index contributed by atoms with van der Waals surface area (Å²) in [7, 11) is 1.41. The molecular formula is C10H18O3. The highest BCUT2D eigenvalue weighted by Crippen LogP contribution is 2.03. The van der Waals surface area contributed by atoms with Gasteiger partial charge in [0.15, 0.2) is 6.10 Å². The SMILES string of the molecule is COC(C/C=C/CC(C)C)C(=O)O. The van der Waals surface area contributed by atoms with Crippen molar-refractivity contribution in [3.05, 3.63) is 12.2 Å². The summed E-state index contributed by atoms with van der Waals surface area (Å²) >= 11 is 0. The number of carboxylic acid groups (broad SMARTS) is 1. The monoisotopic (exact) mass is 186 g/mol. The Hall–Kier alpha value is -0.830. The van der Waals surface area contributed by atoms with Crippen molar-refractivity contribution in [2.45, 2.75) is 32.8 Å². The zero-order valence-electron chi connectivity index (χ0n) is 8.49. The van der Waals surface area contributed by atoms with Crippen LogP contribution in [0.2, 0.25) is 0 Å². The van der Waals surface area contributed by atoms with E-state index in [4.69, 9.17) is 9.84 Å². The van der Waals surface area contributed by atoms with Crippen LogP contribution in [0.3, 0.4) is 0 Å². The molecule has 0 bridgehead atoms. The Morgan fingerprint density at radius 1 is 1.38 bits per heavy atom. The van der Waals surface area contributed by atoms with E-state index in [-0.39, 0.29) is 0 Å². The van der Waals surface area contributed by atoms with Gasteiger partial charge in [-0.2, -0.15) is 0 Å². The molecule has 1 atom stereocenters. The molecule has 0 aromatic rings. The predicted molar refractivity (Wildman–Crippen MR) is 51.6 cm³/mol. The van der Waals surface area contributed by atoms with E-state index in [1.165, 1.54) is 7.11 Å². The van der Waals surface area contributed by atoms with E-state index in [1.54, 1.807) is 0 Å². The third-order valence-electron chi connectivity index (χ3n) is 1.68. The van der Waals surface area contributed by atoms with Crippen LogP contribution in [0.25, 0.3) is 0 Å². The van der Waals surface area contributed by atoms with E-state index in [2.05, 4.69) is 13.8 Å². The van der Waals surface area contributed by atoms with E-state index in [0.29, 0.717) is 12.3 Å². The molecular weight excluding hydrogens is 168 g/mol. The van der Waals surface area contributed by atoms with Crippen LogP contribution in [0.15, 0.2) is 12.2 Å². The Bertz CT molecular complexity index is 173. The highest BCUT2D eigenvalue weighted by Gasteiger charge is 2.13. The first-order chi connectivity index (χ1) is 6.07. The molecule has 0 aromatic heterocycles. The number of aliphatic carboxylic acids is 1. The minimum absolute atomic E-state index is 0.443. The van der Waals surface area contributed by atoms with E-state index in [9.17, 15) is 4.79 Å². The summed E-state index contributed by atoms with van der Waals surface area (Å²) in [5, 5.41) is 8.62. The maximum absolute atomic E-state index is 10.5. The van der Waals surface area contributed by atoms with Gasteiger partial charge in [0.2, 0.25) is 0 Å². The zero-order chi connectivity index (χ0) is 10.3. The molecule has 1 unspecified atom stereocenters. The molecule has 76 valence electrons. The van der Waals surface area contributed by atoms with E-state index in [0.717, 1.165) is 6.42 Å². The lowest BCUT2D eigenvalue weighted by Gasteiger charge is -2.06. The van der Waals surface area contributed by atoms with Gasteiger partial charge in [0, 0.05) is 13.5 Å². The number of rotatable bonds is 6. The molecule has 3 nitrogen and oxygen atoms in total. The summed E-state index contributed by atoms with van der Waals surface area (Å²) in [5.74, 6) is -0.293. The topological polar surface area (TPSA) is 46.5 Å². The fourth-order valence-electron chi connectivity index (χ4n) is 0.886. The van der Waals surface area contributed by atoms with Gasteiger partial charge in [-0.3, -0.25) is 0 Å². The summed E-state index contributed by atoms with van der Waals surface area (Å²) in [4.78, 5) is 10.5. The molecule has 13 heavy (non-hydrogen) atoms. The highest BCUT2D eigenvalue weighted by atomic mass is 16.5. The van der Waals surface area contributed by atoms with Gasteiger partial charge in [0.1, 0.15) is 0 Å². The molecule has 0 amide bonds. The normalized spacial score (nSPS) is 13.8. The quantitative estimate of drug-likeness (QED) is 0.646. The van der Waals surface area contributed by atoms with Crippen LogP contribution in [0.5, 0.6) is 0 Å². The predicted octanol–water partition coefficient (Wildman–Crippen LogP) is 2.08. The molecule has 0 aliphatic carbocycles. The summed E-state index contributed by atoms with van der Waals surface area (Å²) in [6.45, 7) is 4.24. The molecule has 0 aliphatic heterocycles. The van der Waals surface area contributed by atoms with Crippen LogP contribution < -0.4 is 0 Å². The second kappa shape index (κ2) is 6.66. The van der Waals surface area contributed by atoms with Crippen molar-refractivity contribution in [3.63, 3.8) is 0 Å². The van der Waals surface area contributed by atoms with Gasteiger partial charge in [-0.25, -0.2) is 4.79 Å². The fraction of sp³-hybridized carbons (Fsp3) is 0.700. The van der Waals surface area contributed by atoms with Crippen molar-refractivity contribution in [1.82, 2.24) is 0 Å². The van der Waals surface area contributed by atoms with E-state index < -0.39 is 12.1 Å². The summed E-state index contributed by atoms with van der Waals surface area (Å²) in [6, 6.07) is 0. The number of hydrogen-bond acceptors (Lipinski definition) is 2. The van der Waals surface area contributed by atoms with Crippen LogP contribution in [0, 0.1) is 5.92 Å². The summed E-state index contributed by atoms with van der Waals surface area (Å²) in [6.07, 6.45) is 4.58. The lowest BCUT2D eigenvalue weighted by atomic mass is 10.1. The smallest absolute Gasteiger partial charge is 0.333 e. The van der Waals surface area contributed by atoms with Gasteiger partial charge in [0.05, 0.1) is 0 Å². The van der Waals surface area contributed by atoms with Gasteiger partial charge < -0.3 is 9.84 Å². The average Bonchev–Trinajstić information content (AvgIpc) is 2.03. The zero-order valence-corrected chi connectivity index (χ0v) is 8.49. The molecule has 0 heterocycles. The van der Waals surface area contributed by atoms with Crippen molar-refractivity contribution < 1.29 is 14.6 Å². The van der Waals surface area contributed by atoms with Gasteiger partial charge in [-0.1, -0.05) is 26.0 Å². The number of carboxylic acids is 1. The van der Waals surface area contributed by atoms with Crippen LogP contribution in [0.4, 0.5) is 0 Å². The molecule has 0 rings (SSSR count). The Labute approximate surface area is 79.4 Å². The lowest BCUT2D eigenvalue weighted by molar-refractivity contribution is -0.148. The van der Waals surface area contributed by atoms with Gasteiger partial charge in [-0.15, -0.1) is 0 Å². The summed E-state index contributed by atoms with van der Waals surface area (Å²) < 4.78 is 4.77. The fourth-order valence-corrected chi connectivity index (χ4v) is 0.886. The minimum atomic E-state index is -0.906. The molecule has 0 saturated carbocycles. The molecule has 0 radical (unpaired) electrons. The number of ether oxygens (including phenoxy) is 1. The van der Waals surface area contributed by atoms with Crippen molar-refractivity contribution in [1.29, 1.82) is 0 Å².